The van der Waals surface area contributed by atoms with E-state index in [-0.39, 0.29) is 6.54 Å². The van der Waals surface area contributed by atoms with Gasteiger partial charge in [0.25, 0.3) is 0 Å². The molecule has 1 saturated heterocycles. The molecule has 0 aromatic rings. The van der Waals surface area contributed by atoms with E-state index in [1.807, 2.05) is 0 Å². The molecule has 1 spiro atoms. The fourth-order valence-electron chi connectivity index (χ4n) is 2.30. The Kier molecular flexibility index (Phi) is 3.82. The van der Waals surface area contributed by atoms with E-state index in [2.05, 4.69) is 0 Å². The lowest BCUT2D eigenvalue weighted by molar-refractivity contribution is -0.152. The van der Waals surface area contributed by atoms with E-state index in [0.717, 1.165) is 0 Å². The lowest BCUT2D eigenvalue weighted by atomic mass is 10.1. The second-order valence-corrected chi connectivity index (χ2v) is 9.23. The van der Waals surface area contributed by atoms with Gasteiger partial charge in [-0.05, 0) is 41.5 Å². The van der Waals surface area contributed by atoms with Crippen molar-refractivity contribution in [3.05, 3.63) is 0 Å². The second-order valence-electron chi connectivity index (χ2n) is 7.74. The Morgan fingerprint density at radius 1 is 0.955 bits per heavy atom. The smallest absolute Gasteiger partial charge is 0.430 e. The Bertz CT molecular complexity index is 510. The molecule has 1 heterocycles. The highest BCUT2D eigenvalue weighted by Gasteiger charge is 2.80. The van der Waals surface area contributed by atoms with Crippen molar-refractivity contribution in [2.45, 2.75) is 69.0 Å². The normalized spacial score (nSPS) is 26.5. The minimum atomic E-state index is -1.07. The van der Waals surface area contributed by atoms with Crippen LogP contribution in [-0.2, 0) is 9.47 Å². The second kappa shape index (κ2) is 4.81. The molecule has 0 unspecified atom stereocenters. The number of carbonyl (C=O) groups is 2. The first-order valence-electron chi connectivity index (χ1n) is 7.10. The number of alkyl halides is 2. The van der Waals surface area contributed by atoms with Crippen LogP contribution in [-0.4, -0.2) is 49.8 Å². The number of amides is 2. The molecule has 2 fully saturated rings. The van der Waals surface area contributed by atoms with Crippen molar-refractivity contribution in [3.8, 4) is 0 Å². The first-order chi connectivity index (χ1) is 9.69. The Hall–Kier alpha value is -0.880. The zero-order chi connectivity index (χ0) is 17.1. The summed E-state index contributed by atoms with van der Waals surface area (Å²) in [6, 6.07) is 0. The number of rotatable bonds is 0. The van der Waals surface area contributed by atoms with Gasteiger partial charge in [-0.3, -0.25) is 0 Å². The summed E-state index contributed by atoms with van der Waals surface area (Å²) in [4.78, 5) is 24.6. The Morgan fingerprint density at radius 2 is 1.36 bits per heavy atom. The number of nitrogens with zero attached hydrogens (tertiary/aromatic N) is 2. The third-order valence-corrected chi connectivity index (χ3v) is 4.27. The van der Waals surface area contributed by atoms with Crippen molar-refractivity contribution < 1.29 is 19.1 Å². The third kappa shape index (κ3) is 3.08. The van der Waals surface area contributed by atoms with Crippen LogP contribution in [0.15, 0.2) is 0 Å². The third-order valence-electron chi connectivity index (χ3n) is 3.30. The largest absolute Gasteiger partial charge is 0.442 e. The summed E-state index contributed by atoms with van der Waals surface area (Å²) in [6.07, 6.45) is -0.894. The average Bonchev–Trinajstić information content (AvgIpc) is 2.74. The van der Waals surface area contributed by atoms with Crippen LogP contribution >= 0.6 is 23.2 Å². The standard InChI is InChI=1S/C14H22Cl2N2O4/c1-11(2,3)21-9(19)17-8-13(7-14(13,15)16)18(17)10(20)22-12(4,5)6/h7-8H2,1-6H3/t13-/m0/s1. The van der Waals surface area contributed by atoms with Crippen molar-refractivity contribution in [3.63, 3.8) is 0 Å². The van der Waals surface area contributed by atoms with Gasteiger partial charge in [-0.25, -0.2) is 19.6 Å². The minimum Gasteiger partial charge on any atom is -0.442 e. The first kappa shape index (κ1) is 17.5. The van der Waals surface area contributed by atoms with Crippen molar-refractivity contribution >= 4 is 35.4 Å². The Morgan fingerprint density at radius 3 is 1.73 bits per heavy atom. The number of hydrazine groups is 1. The molecule has 0 radical (unpaired) electrons. The first-order valence-corrected chi connectivity index (χ1v) is 7.86. The molecule has 1 atom stereocenters. The number of ether oxygens (including phenoxy) is 2. The molecule has 1 saturated carbocycles. The topological polar surface area (TPSA) is 59.1 Å². The van der Waals surface area contributed by atoms with Crippen LogP contribution in [0, 0.1) is 0 Å². The molecule has 2 rings (SSSR count). The maximum absolute atomic E-state index is 12.4. The zero-order valence-corrected chi connectivity index (χ0v) is 15.2. The molecule has 2 amide bonds. The van der Waals surface area contributed by atoms with E-state index in [9.17, 15) is 9.59 Å². The van der Waals surface area contributed by atoms with Crippen LogP contribution in [0.4, 0.5) is 9.59 Å². The van der Waals surface area contributed by atoms with Gasteiger partial charge >= 0.3 is 12.2 Å². The fraction of sp³-hybridized carbons (Fsp3) is 0.857. The SMILES string of the molecule is CC(C)(C)OC(=O)N1C[C@]2(CC2(Cl)Cl)N1C(=O)OC(C)(C)C. The maximum Gasteiger partial charge on any atom is 0.430 e. The molecule has 0 aromatic carbocycles. The highest BCUT2D eigenvalue weighted by Crippen LogP contribution is 2.65. The number of hydrogen-bond donors (Lipinski definition) is 0. The van der Waals surface area contributed by atoms with Crippen LogP contribution in [0.25, 0.3) is 0 Å². The van der Waals surface area contributed by atoms with E-state index < -0.39 is 33.3 Å². The molecule has 2 aliphatic rings. The van der Waals surface area contributed by atoms with E-state index in [0.29, 0.717) is 6.42 Å². The summed E-state index contributed by atoms with van der Waals surface area (Å²) >= 11 is 12.3. The van der Waals surface area contributed by atoms with Gasteiger partial charge in [-0.2, -0.15) is 0 Å². The zero-order valence-electron chi connectivity index (χ0n) is 13.7. The van der Waals surface area contributed by atoms with Gasteiger partial charge in [0.15, 0.2) is 0 Å². The Balaban J connectivity index is 2.16. The summed E-state index contributed by atoms with van der Waals surface area (Å²) in [5.74, 6) is 0. The van der Waals surface area contributed by atoms with Crippen molar-refractivity contribution in [2.24, 2.45) is 0 Å². The molecule has 6 nitrogen and oxygen atoms in total. The van der Waals surface area contributed by atoms with Gasteiger partial charge in [0.05, 0.1) is 6.54 Å². The van der Waals surface area contributed by atoms with Crippen LogP contribution in [0.3, 0.4) is 0 Å². The summed E-state index contributed by atoms with van der Waals surface area (Å²) in [6.45, 7) is 10.7. The molecule has 0 N–H and O–H groups in total. The van der Waals surface area contributed by atoms with Crippen LogP contribution < -0.4 is 0 Å². The molecule has 8 heteroatoms. The predicted octanol–water partition coefficient (Wildman–Crippen LogP) is 3.71. The number of hydrogen-bond acceptors (Lipinski definition) is 4. The minimum absolute atomic E-state index is 0.230. The van der Waals surface area contributed by atoms with Crippen LogP contribution in [0.2, 0.25) is 0 Å². The van der Waals surface area contributed by atoms with Crippen LogP contribution in [0.5, 0.6) is 0 Å². The van der Waals surface area contributed by atoms with Crippen LogP contribution in [0.1, 0.15) is 48.0 Å². The van der Waals surface area contributed by atoms with Gasteiger partial charge < -0.3 is 9.47 Å². The summed E-state index contributed by atoms with van der Waals surface area (Å²) < 4.78 is 9.57. The molecular weight excluding hydrogens is 331 g/mol. The molecule has 1 aliphatic heterocycles. The average molecular weight is 353 g/mol. The van der Waals surface area contributed by atoms with E-state index in [1.54, 1.807) is 41.5 Å². The lowest BCUT2D eigenvalue weighted by Crippen LogP contribution is -2.72. The summed E-state index contributed by atoms with van der Waals surface area (Å²) in [5.41, 5.74) is -2.14. The van der Waals surface area contributed by atoms with Crippen molar-refractivity contribution in [1.29, 1.82) is 0 Å². The maximum atomic E-state index is 12.4. The van der Waals surface area contributed by atoms with Gasteiger partial charge in [0.1, 0.15) is 21.1 Å². The predicted molar refractivity (Wildman–Crippen MR) is 82.8 cm³/mol. The fourth-order valence-corrected chi connectivity index (χ4v) is 3.02. The van der Waals surface area contributed by atoms with Crippen molar-refractivity contribution in [1.82, 2.24) is 10.0 Å². The number of carbonyl (C=O) groups excluding carboxylic acids is 2. The monoisotopic (exact) mass is 352 g/mol. The molecular formula is C14H22Cl2N2O4. The Labute approximate surface area is 140 Å². The van der Waals surface area contributed by atoms with Crippen molar-refractivity contribution in [2.75, 3.05) is 6.54 Å². The summed E-state index contributed by atoms with van der Waals surface area (Å²) in [5, 5.41) is 2.37. The highest BCUT2D eigenvalue weighted by atomic mass is 35.5. The molecule has 126 valence electrons. The van der Waals surface area contributed by atoms with E-state index in [1.165, 1.54) is 10.0 Å². The quantitative estimate of drug-likeness (QED) is 0.623. The molecule has 0 bridgehead atoms. The van der Waals surface area contributed by atoms with Gasteiger partial charge in [-0.15, -0.1) is 0 Å². The molecule has 22 heavy (non-hydrogen) atoms. The van der Waals surface area contributed by atoms with E-state index >= 15 is 0 Å². The lowest BCUT2D eigenvalue weighted by Gasteiger charge is -2.51. The van der Waals surface area contributed by atoms with Gasteiger partial charge in [0, 0.05) is 6.42 Å². The number of halogens is 2. The highest BCUT2D eigenvalue weighted by molar-refractivity contribution is 6.52. The summed E-state index contributed by atoms with van der Waals surface area (Å²) in [7, 11) is 0. The van der Waals surface area contributed by atoms with Gasteiger partial charge in [-0.1, -0.05) is 23.2 Å². The molecule has 0 aromatic heterocycles. The van der Waals surface area contributed by atoms with Gasteiger partial charge in [0.2, 0.25) is 0 Å². The molecule has 1 aliphatic carbocycles. The van der Waals surface area contributed by atoms with E-state index in [4.69, 9.17) is 32.7 Å².